The molecule has 2 saturated carbocycles. The van der Waals surface area contributed by atoms with Gasteiger partial charge in [0.1, 0.15) is 31.0 Å². The number of alkyl carbamates (subject to hydrolysis) is 1. The lowest BCUT2D eigenvalue weighted by Crippen LogP contribution is -2.60. The quantitative estimate of drug-likeness (QED) is 0.0945. The SMILES string of the molecule is CCC1CC(C2CCC3C(C2)C(F)C2CCCC(C4CNC(C5CCCN5C(O)C(NC(=O)OC)C(C)C)N4)CCOC(C4CCC(F)CC4)N23)NC1C(C)NC(O)C(CC)NC(O)OC. The summed E-state index contributed by atoms with van der Waals surface area (Å²) in [5, 5.41) is 53.7. The first-order valence-electron chi connectivity index (χ1n) is 26.4. The average Bonchev–Trinajstić information content (AvgIpc) is 4.14. The van der Waals surface area contributed by atoms with Gasteiger partial charge in [-0.15, -0.1) is 0 Å². The number of methoxy groups -OCH3 is 2. The maximum absolute atomic E-state index is 17.5. The number of aliphatic hydroxyl groups excluding tert-OH is 3. The second-order valence-corrected chi connectivity index (χ2v) is 21.8. The van der Waals surface area contributed by atoms with Crippen molar-refractivity contribution in [2.24, 2.45) is 35.5 Å². The molecule has 0 aromatic carbocycles. The van der Waals surface area contributed by atoms with Crippen LogP contribution in [0.4, 0.5) is 13.6 Å². The van der Waals surface area contributed by atoms with Crippen LogP contribution in [0.3, 0.4) is 0 Å². The number of halogens is 2. The first-order chi connectivity index (χ1) is 31.8. The molecule has 7 rings (SSSR count). The fourth-order valence-corrected chi connectivity index (χ4v) is 14.0. The molecule has 5 aliphatic heterocycles. The van der Waals surface area contributed by atoms with E-state index < -0.39 is 43.3 Å². The summed E-state index contributed by atoms with van der Waals surface area (Å²) in [6.07, 6.45) is 8.24. The Labute approximate surface area is 394 Å². The fourth-order valence-electron chi connectivity index (χ4n) is 14.0. The van der Waals surface area contributed by atoms with Crippen LogP contribution < -0.4 is 31.9 Å². The van der Waals surface area contributed by atoms with Crippen LogP contribution in [0.1, 0.15) is 137 Å². The predicted molar refractivity (Wildman–Crippen MR) is 250 cm³/mol. The number of nitrogens with one attached hydrogen (secondary N) is 6. The highest BCUT2D eigenvalue weighted by molar-refractivity contribution is 5.67. The van der Waals surface area contributed by atoms with Crippen LogP contribution in [-0.2, 0) is 14.2 Å². The minimum absolute atomic E-state index is 0.00696. The van der Waals surface area contributed by atoms with Crippen molar-refractivity contribution in [2.75, 3.05) is 33.9 Å². The summed E-state index contributed by atoms with van der Waals surface area (Å²) in [6.45, 7) is 12.5. The van der Waals surface area contributed by atoms with Gasteiger partial charge in [0.15, 0.2) is 0 Å². The normalized spacial score (nSPS) is 41.1. The van der Waals surface area contributed by atoms with Crippen LogP contribution in [-0.4, -0.2) is 163 Å². The van der Waals surface area contributed by atoms with Crippen LogP contribution in [0, 0.1) is 35.5 Å². The van der Waals surface area contributed by atoms with Gasteiger partial charge in [-0.3, -0.25) is 31.1 Å². The zero-order valence-corrected chi connectivity index (χ0v) is 41.3. The second-order valence-electron chi connectivity index (χ2n) is 21.8. The molecule has 7 fully saturated rings. The lowest BCUT2D eigenvalue weighted by Gasteiger charge is -2.45. The molecule has 0 radical (unpaired) electrons. The van der Waals surface area contributed by atoms with Crippen molar-refractivity contribution in [1.29, 1.82) is 0 Å². The molecule has 19 unspecified atom stereocenters. The Bertz CT molecular complexity index is 1490. The van der Waals surface area contributed by atoms with Crippen LogP contribution in [0.2, 0.25) is 0 Å². The van der Waals surface area contributed by atoms with E-state index in [1.54, 1.807) is 0 Å². The molecule has 1 amide bonds. The first-order valence-corrected chi connectivity index (χ1v) is 26.4. The zero-order chi connectivity index (χ0) is 47.2. The Hall–Kier alpha value is -1.35. The fraction of sp³-hybridized carbons (Fsp3) is 0.980. The summed E-state index contributed by atoms with van der Waals surface area (Å²) in [4.78, 5) is 16.8. The Balaban J connectivity index is 1.00. The molecule has 5 saturated heterocycles. The highest BCUT2D eigenvalue weighted by Crippen LogP contribution is 2.50. The largest absolute Gasteiger partial charge is 0.453 e. The van der Waals surface area contributed by atoms with E-state index in [2.05, 4.69) is 55.5 Å². The van der Waals surface area contributed by atoms with Gasteiger partial charge in [-0.2, -0.15) is 0 Å². The van der Waals surface area contributed by atoms with Gasteiger partial charge in [-0.05, 0) is 126 Å². The number of nitrogens with zero attached hydrogens (tertiary/aromatic N) is 2. The van der Waals surface area contributed by atoms with Crippen LogP contribution in [0.25, 0.3) is 0 Å². The first kappa shape index (κ1) is 52.5. The van der Waals surface area contributed by atoms with Gasteiger partial charge in [-0.1, -0.05) is 40.5 Å². The number of carbonyl (C=O) groups excluding carboxylic acids is 1. The van der Waals surface area contributed by atoms with Crippen molar-refractivity contribution >= 4 is 6.09 Å². The van der Waals surface area contributed by atoms with E-state index in [0.717, 1.165) is 96.6 Å². The smallest absolute Gasteiger partial charge is 0.407 e. The summed E-state index contributed by atoms with van der Waals surface area (Å²) in [5.41, 5.74) is 0. The molecule has 66 heavy (non-hydrogen) atoms. The monoisotopic (exact) mass is 941 g/mol. The maximum Gasteiger partial charge on any atom is 0.407 e. The van der Waals surface area contributed by atoms with Gasteiger partial charge in [0.2, 0.25) is 6.41 Å². The topological polar surface area (TPSA) is 184 Å². The minimum atomic E-state index is -1.16. The van der Waals surface area contributed by atoms with Gasteiger partial charge in [-0.25, -0.2) is 13.6 Å². The third-order valence-electron chi connectivity index (χ3n) is 17.7. The van der Waals surface area contributed by atoms with Crippen molar-refractivity contribution in [3.63, 3.8) is 0 Å². The van der Waals surface area contributed by atoms with Gasteiger partial charge >= 0.3 is 6.09 Å². The number of fused-ring (bicyclic) bond motifs is 3. The number of likely N-dealkylation sites (tertiary alicyclic amines) is 1. The molecule has 2 aliphatic carbocycles. The third kappa shape index (κ3) is 12.0. The molecular formula is C49H90F2N8O7. The zero-order valence-electron chi connectivity index (χ0n) is 41.3. The van der Waals surface area contributed by atoms with Crippen LogP contribution in [0.15, 0.2) is 0 Å². The lowest BCUT2D eigenvalue weighted by molar-refractivity contribution is -0.138. The molecule has 0 bridgehead atoms. The Morgan fingerprint density at radius 1 is 0.833 bits per heavy atom. The van der Waals surface area contributed by atoms with Crippen molar-refractivity contribution in [2.45, 2.75) is 235 Å². The van der Waals surface area contributed by atoms with E-state index >= 15 is 4.39 Å². The van der Waals surface area contributed by atoms with Crippen molar-refractivity contribution in [3.05, 3.63) is 0 Å². The van der Waals surface area contributed by atoms with E-state index in [1.165, 1.54) is 14.2 Å². The van der Waals surface area contributed by atoms with Crippen LogP contribution in [0.5, 0.6) is 0 Å². The van der Waals surface area contributed by atoms with E-state index in [-0.39, 0.29) is 78.5 Å². The average molecular weight is 941 g/mol. The molecular weight excluding hydrogens is 851 g/mol. The van der Waals surface area contributed by atoms with Crippen molar-refractivity contribution in [1.82, 2.24) is 41.7 Å². The minimum Gasteiger partial charge on any atom is -0.453 e. The summed E-state index contributed by atoms with van der Waals surface area (Å²) in [7, 11) is 2.76. The molecule has 15 nitrogen and oxygen atoms in total. The molecule has 0 aromatic heterocycles. The molecule has 9 N–H and O–H groups in total. The van der Waals surface area contributed by atoms with E-state index in [9.17, 15) is 24.5 Å². The summed E-state index contributed by atoms with van der Waals surface area (Å²) >= 11 is 0. The Morgan fingerprint density at radius 2 is 1.58 bits per heavy atom. The molecule has 7 aliphatic rings. The number of hydrogen-bond acceptors (Lipinski definition) is 14. The molecule has 5 heterocycles. The maximum atomic E-state index is 17.5. The number of rotatable bonds is 17. The van der Waals surface area contributed by atoms with Gasteiger partial charge in [0.05, 0.1) is 25.4 Å². The van der Waals surface area contributed by atoms with Crippen LogP contribution >= 0.6 is 0 Å². The van der Waals surface area contributed by atoms with E-state index in [1.807, 2.05) is 20.8 Å². The second kappa shape index (κ2) is 24.2. The standard InChI is InChI=1S/C49H90F2N8O7/c1-8-29-25-36(54-43(29)28(5)53-45(60)35(9-2)56-48(62)64-6)32-17-20-38-34(24-32)41(51)39-13-10-12-30(21-23-66-47(59(38)39)31-15-18-33(50)19-16-31)37-26-52-44(55-37)40-14-11-22-58(40)46(61)42(27(3)4)57-49(63)65-7/h27-48,52-56,60-62H,8-26H2,1-7H3,(H,57,63). The van der Waals surface area contributed by atoms with Crippen molar-refractivity contribution in [3.8, 4) is 0 Å². The highest BCUT2D eigenvalue weighted by Gasteiger charge is 2.56. The Morgan fingerprint density at radius 3 is 2.27 bits per heavy atom. The molecule has 19 atom stereocenters. The molecule has 17 heteroatoms. The number of amides is 1. The van der Waals surface area contributed by atoms with E-state index in [4.69, 9.17) is 14.2 Å². The third-order valence-corrected chi connectivity index (χ3v) is 17.7. The summed E-state index contributed by atoms with van der Waals surface area (Å²) < 4.78 is 49.1. The predicted octanol–water partition coefficient (Wildman–Crippen LogP) is 4.25. The van der Waals surface area contributed by atoms with Gasteiger partial charge < -0.3 is 40.2 Å². The lowest BCUT2D eigenvalue weighted by atomic mass is 9.73. The van der Waals surface area contributed by atoms with E-state index in [0.29, 0.717) is 43.6 Å². The number of alkyl halides is 2. The molecule has 382 valence electrons. The molecule has 0 spiro atoms. The molecule has 0 aromatic rings. The number of hydrogen-bond donors (Lipinski definition) is 9. The van der Waals surface area contributed by atoms with Gasteiger partial charge in [0, 0.05) is 75.0 Å². The van der Waals surface area contributed by atoms with Crippen molar-refractivity contribution < 1.29 is 43.1 Å². The summed E-state index contributed by atoms with van der Waals surface area (Å²) in [5.74, 6) is 1.23. The Kier molecular flexibility index (Phi) is 19.2. The van der Waals surface area contributed by atoms with Gasteiger partial charge in [0.25, 0.3) is 0 Å². The number of aliphatic hydroxyl groups is 3. The number of ether oxygens (including phenoxy) is 3. The highest BCUT2D eigenvalue weighted by atomic mass is 19.1. The number of carbonyl (C=O) groups is 1. The summed E-state index contributed by atoms with van der Waals surface area (Å²) in [6, 6.07) is -0.283.